The number of carbonyl (C=O) groups is 1. The second-order valence-corrected chi connectivity index (χ2v) is 13.3. The summed E-state index contributed by atoms with van der Waals surface area (Å²) in [6.45, 7) is 6.27. The Morgan fingerprint density at radius 1 is 0.705 bits per heavy atom. The lowest BCUT2D eigenvalue weighted by atomic mass is 10.0. The first-order chi connectivity index (χ1) is 21.1. The van der Waals surface area contributed by atoms with Crippen LogP contribution in [0.3, 0.4) is 0 Å². The monoisotopic (exact) mass is 681 g/mol. The van der Waals surface area contributed by atoms with Gasteiger partial charge in [-0.25, -0.2) is 4.57 Å². The molecule has 0 N–H and O–H groups in total. The Labute approximate surface area is 282 Å². The Balaban J connectivity index is 0.00000968. The Morgan fingerprint density at radius 2 is 1.18 bits per heavy atom. The summed E-state index contributed by atoms with van der Waals surface area (Å²) in [6.07, 6.45) is 35.8. The Bertz CT molecular complexity index is 779. The summed E-state index contributed by atoms with van der Waals surface area (Å²) in [7, 11) is 0. The van der Waals surface area contributed by atoms with Gasteiger partial charge in [0.05, 0.1) is 6.61 Å². The van der Waals surface area contributed by atoms with Crippen LogP contribution >= 0.6 is 0 Å². The molecule has 0 amide bonds. The minimum atomic E-state index is -0.520. The molecule has 0 spiro atoms. The normalized spacial score (nSPS) is 17.9. The van der Waals surface area contributed by atoms with Crippen molar-refractivity contribution in [2.24, 2.45) is 0 Å². The lowest BCUT2D eigenvalue weighted by molar-refractivity contribution is -0.697. The lowest BCUT2D eigenvalue weighted by Crippen LogP contribution is -3.00. The number of rotatable bonds is 29. The summed E-state index contributed by atoms with van der Waals surface area (Å²) in [5.41, 5.74) is 0. The second kappa shape index (κ2) is 28.3. The van der Waals surface area contributed by atoms with E-state index >= 15 is 0 Å². The van der Waals surface area contributed by atoms with Crippen molar-refractivity contribution in [3.8, 4) is 0 Å². The third-order valence-electron chi connectivity index (χ3n) is 8.98. The number of hydrogen-bond donors (Lipinski definition) is 0. The van der Waals surface area contributed by atoms with Crippen LogP contribution in [0.2, 0.25) is 0 Å². The number of aryl methyl sites for hydroxylation is 1. The van der Waals surface area contributed by atoms with Gasteiger partial charge in [0.15, 0.2) is 18.2 Å². The molecule has 0 aliphatic carbocycles. The lowest BCUT2D eigenvalue weighted by Gasteiger charge is -2.23. The van der Waals surface area contributed by atoms with Gasteiger partial charge in [0.2, 0.25) is 0 Å². The van der Waals surface area contributed by atoms with Crippen LogP contribution in [-0.4, -0.2) is 31.1 Å². The fourth-order valence-electron chi connectivity index (χ4n) is 6.19. The van der Waals surface area contributed by atoms with Crippen LogP contribution in [-0.2, 0) is 25.5 Å². The molecule has 44 heavy (non-hydrogen) atoms. The maximum absolute atomic E-state index is 12.2. The first-order valence-corrected chi connectivity index (χ1v) is 18.5. The number of halogens is 1. The predicted molar refractivity (Wildman–Crippen MR) is 178 cm³/mol. The molecular weight excluding hydrogens is 614 g/mol. The van der Waals surface area contributed by atoms with E-state index in [0.29, 0.717) is 19.6 Å². The molecule has 2 heterocycles. The van der Waals surface area contributed by atoms with Gasteiger partial charge in [-0.15, -0.1) is 0 Å². The van der Waals surface area contributed by atoms with Crippen LogP contribution in [0, 0.1) is 0 Å². The van der Waals surface area contributed by atoms with E-state index in [2.05, 4.69) is 42.1 Å². The summed E-state index contributed by atoms with van der Waals surface area (Å²) in [6, 6.07) is 6.24. The van der Waals surface area contributed by atoms with Crippen molar-refractivity contribution < 1.29 is 40.6 Å². The highest BCUT2D eigenvalue weighted by atomic mass is 79.9. The molecule has 1 aliphatic heterocycles. The quantitative estimate of drug-likeness (QED) is 0.0502. The van der Waals surface area contributed by atoms with Gasteiger partial charge in [-0.2, -0.15) is 0 Å². The molecule has 0 bridgehead atoms. The van der Waals surface area contributed by atoms with Gasteiger partial charge in [-0.1, -0.05) is 135 Å². The van der Waals surface area contributed by atoms with Crippen molar-refractivity contribution in [2.75, 3.05) is 13.2 Å². The number of esters is 1. The first kappa shape index (κ1) is 41.0. The third-order valence-corrected chi connectivity index (χ3v) is 8.98. The molecule has 0 saturated carbocycles. The minimum absolute atomic E-state index is 0. The SMILES string of the molecule is CCCCCCCCCCCCCCCCCC1(C)OCC(COC(=O)CCCCCCCCCC[n+]2ccccc2)O1.[Br-]. The number of ether oxygens (including phenoxy) is 3. The molecule has 0 aromatic carbocycles. The zero-order valence-corrected chi connectivity index (χ0v) is 30.3. The summed E-state index contributed by atoms with van der Waals surface area (Å²) in [5, 5.41) is 0. The van der Waals surface area contributed by atoms with E-state index in [9.17, 15) is 4.79 Å². The smallest absolute Gasteiger partial charge is 0.305 e. The largest absolute Gasteiger partial charge is 1.00 e. The maximum atomic E-state index is 12.2. The average molecular weight is 683 g/mol. The second-order valence-electron chi connectivity index (χ2n) is 13.3. The van der Waals surface area contributed by atoms with Gasteiger partial charge in [-0.3, -0.25) is 4.79 Å². The van der Waals surface area contributed by atoms with E-state index in [0.717, 1.165) is 32.2 Å². The summed E-state index contributed by atoms with van der Waals surface area (Å²) >= 11 is 0. The van der Waals surface area contributed by atoms with Gasteiger partial charge >= 0.3 is 5.97 Å². The van der Waals surface area contributed by atoms with E-state index in [1.807, 2.05) is 6.92 Å². The summed E-state index contributed by atoms with van der Waals surface area (Å²) < 4.78 is 19.9. The standard InChI is InChI=1S/C38H68NO4.BrH/c1-3-4-5-6-7-8-9-10-11-12-13-15-18-21-25-30-38(2)42-35-36(43-38)34-41-37(40)29-24-20-17-14-16-19-22-26-31-39-32-27-23-28-33-39;/h23,27-28,32-33,36H,3-22,24-26,29-31,34-35H2,1-2H3;1H/q+1;/p-1. The van der Waals surface area contributed by atoms with Crippen molar-refractivity contribution in [1.82, 2.24) is 0 Å². The molecule has 2 unspecified atom stereocenters. The van der Waals surface area contributed by atoms with Crippen LogP contribution in [0.15, 0.2) is 30.6 Å². The van der Waals surface area contributed by atoms with Crippen LogP contribution in [0.1, 0.15) is 174 Å². The van der Waals surface area contributed by atoms with E-state index in [1.165, 1.54) is 128 Å². The average Bonchev–Trinajstić information content (AvgIpc) is 3.40. The zero-order valence-electron chi connectivity index (χ0n) is 28.7. The van der Waals surface area contributed by atoms with Crippen molar-refractivity contribution in [3.05, 3.63) is 30.6 Å². The van der Waals surface area contributed by atoms with Gasteiger partial charge in [0.1, 0.15) is 19.3 Å². The molecule has 5 nitrogen and oxygen atoms in total. The van der Waals surface area contributed by atoms with E-state index in [-0.39, 0.29) is 29.1 Å². The van der Waals surface area contributed by atoms with Crippen molar-refractivity contribution in [3.63, 3.8) is 0 Å². The highest BCUT2D eigenvalue weighted by Crippen LogP contribution is 2.29. The third kappa shape index (κ3) is 22.5. The van der Waals surface area contributed by atoms with Gasteiger partial charge in [0, 0.05) is 31.4 Å². The number of aromatic nitrogens is 1. The minimum Gasteiger partial charge on any atom is -1.00 e. The predicted octanol–water partition coefficient (Wildman–Crippen LogP) is 7.43. The highest BCUT2D eigenvalue weighted by Gasteiger charge is 2.37. The molecule has 6 heteroatoms. The van der Waals surface area contributed by atoms with E-state index < -0.39 is 5.79 Å². The molecule has 1 fully saturated rings. The van der Waals surface area contributed by atoms with E-state index in [4.69, 9.17) is 14.2 Å². The molecule has 0 radical (unpaired) electrons. The Kier molecular flexibility index (Phi) is 26.4. The van der Waals surface area contributed by atoms with Gasteiger partial charge in [-0.05, 0) is 26.2 Å². The zero-order chi connectivity index (χ0) is 30.7. The molecular formula is C38H68BrNO4. The number of nitrogens with zero attached hydrogens (tertiary/aromatic N) is 1. The Morgan fingerprint density at radius 3 is 1.73 bits per heavy atom. The topological polar surface area (TPSA) is 48.6 Å². The molecule has 1 saturated heterocycles. The van der Waals surface area contributed by atoms with Crippen LogP contribution in [0.5, 0.6) is 0 Å². The number of hydrogen-bond acceptors (Lipinski definition) is 4. The van der Waals surface area contributed by atoms with Crippen LogP contribution in [0.25, 0.3) is 0 Å². The summed E-state index contributed by atoms with van der Waals surface area (Å²) in [4.78, 5) is 12.2. The molecule has 1 aliphatic rings. The molecule has 2 rings (SSSR count). The fourth-order valence-corrected chi connectivity index (χ4v) is 6.19. The number of unbranched alkanes of at least 4 members (excludes halogenated alkanes) is 21. The van der Waals surface area contributed by atoms with Gasteiger partial charge in [0.25, 0.3) is 0 Å². The summed E-state index contributed by atoms with van der Waals surface area (Å²) in [5.74, 6) is -0.619. The van der Waals surface area contributed by atoms with E-state index in [1.54, 1.807) is 0 Å². The van der Waals surface area contributed by atoms with Gasteiger partial charge < -0.3 is 31.2 Å². The fraction of sp³-hybridized carbons (Fsp3) is 0.842. The van der Waals surface area contributed by atoms with Crippen molar-refractivity contribution >= 4 is 5.97 Å². The van der Waals surface area contributed by atoms with Crippen molar-refractivity contribution in [1.29, 1.82) is 0 Å². The highest BCUT2D eigenvalue weighted by molar-refractivity contribution is 5.69. The molecule has 256 valence electrons. The molecule has 1 aromatic rings. The van der Waals surface area contributed by atoms with Crippen molar-refractivity contribution in [2.45, 2.75) is 193 Å². The first-order valence-electron chi connectivity index (χ1n) is 18.5. The molecule has 2 atom stereocenters. The van der Waals surface area contributed by atoms with Crippen LogP contribution in [0.4, 0.5) is 0 Å². The number of carbonyl (C=O) groups excluding carboxylic acids is 1. The Hall–Kier alpha value is -0.980. The van der Waals surface area contributed by atoms with Crippen LogP contribution < -0.4 is 21.5 Å². The maximum Gasteiger partial charge on any atom is 0.305 e. The number of pyridine rings is 1. The molecule has 1 aromatic heterocycles.